The van der Waals surface area contributed by atoms with Crippen LogP contribution >= 0.6 is 0 Å². The molecule has 1 N–H and O–H groups in total. The molecule has 1 radical (unpaired) electrons. The van der Waals surface area contributed by atoms with Crippen LogP contribution in [0, 0.1) is 6.07 Å². The standard InChI is InChI=1S/C14H11N2O/c1-17-12-5-7-16-14(9-12)10-2-3-13-11(8-10)4-6-15-13/h2-8,15H,1H3. The molecule has 0 saturated heterocycles. The molecule has 2 heterocycles. The van der Waals surface area contributed by atoms with Crippen molar-refractivity contribution in [3.8, 4) is 17.0 Å². The molecule has 0 unspecified atom stereocenters. The minimum absolute atomic E-state index is 0.698. The van der Waals surface area contributed by atoms with Crippen molar-refractivity contribution in [2.45, 2.75) is 0 Å². The maximum atomic E-state index is 5.15. The maximum Gasteiger partial charge on any atom is 0.130 e. The highest BCUT2D eigenvalue weighted by molar-refractivity contribution is 5.84. The van der Waals surface area contributed by atoms with Crippen LogP contribution in [0.1, 0.15) is 0 Å². The van der Waals surface area contributed by atoms with E-state index in [1.807, 2.05) is 24.4 Å². The quantitative estimate of drug-likeness (QED) is 0.725. The molecule has 0 saturated carbocycles. The molecule has 2 aromatic heterocycles. The fraction of sp³-hybridized carbons (Fsp3) is 0.0714. The lowest BCUT2D eigenvalue weighted by Gasteiger charge is -2.03. The lowest BCUT2D eigenvalue weighted by Crippen LogP contribution is -1.87. The zero-order valence-corrected chi connectivity index (χ0v) is 9.40. The highest BCUT2D eigenvalue weighted by Crippen LogP contribution is 2.24. The number of fused-ring (bicyclic) bond motifs is 1. The number of H-pyrrole nitrogens is 1. The van der Waals surface area contributed by atoms with Gasteiger partial charge in [0.05, 0.1) is 18.9 Å². The fourth-order valence-electron chi connectivity index (χ4n) is 1.84. The zero-order valence-electron chi connectivity index (χ0n) is 9.40. The monoisotopic (exact) mass is 223 g/mol. The van der Waals surface area contributed by atoms with Gasteiger partial charge in [0.2, 0.25) is 0 Å². The van der Waals surface area contributed by atoms with E-state index >= 15 is 0 Å². The first-order valence-electron chi connectivity index (χ1n) is 5.36. The van der Waals surface area contributed by atoms with Crippen molar-refractivity contribution in [3.05, 3.63) is 48.8 Å². The molecule has 0 spiro atoms. The van der Waals surface area contributed by atoms with E-state index in [1.165, 1.54) is 5.39 Å². The second-order valence-electron chi connectivity index (χ2n) is 3.77. The topological polar surface area (TPSA) is 37.9 Å². The van der Waals surface area contributed by atoms with Crippen LogP contribution in [-0.4, -0.2) is 17.1 Å². The summed E-state index contributed by atoms with van der Waals surface area (Å²) in [5.74, 6) is 0.698. The molecule has 0 bridgehead atoms. The lowest BCUT2D eigenvalue weighted by molar-refractivity contribution is 0.413. The fourth-order valence-corrected chi connectivity index (χ4v) is 1.84. The third-order valence-corrected chi connectivity index (χ3v) is 2.72. The molecular weight excluding hydrogens is 212 g/mol. The van der Waals surface area contributed by atoms with Crippen LogP contribution in [0.3, 0.4) is 0 Å². The molecule has 0 fully saturated rings. The highest BCUT2D eigenvalue weighted by Gasteiger charge is 2.03. The summed E-state index contributed by atoms with van der Waals surface area (Å²) < 4.78 is 5.15. The Morgan fingerprint density at radius 3 is 3.06 bits per heavy atom. The number of benzene rings is 1. The lowest BCUT2D eigenvalue weighted by atomic mass is 10.1. The summed E-state index contributed by atoms with van der Waals surface area (Å²) in [5, 5.41) is 1.17. The van der Waals surface area contributed by atoms with Crippen LogP contribution in [0.15, 0.2) is 42.7 Å². The Morgan fingerprint density at radius 1 is 1.24 bits per heavy atom. The van der Waals surface area contributed by atoms with Crippen LogP contribution < -0.4 is 4.74 Å². The van der Waals surface area contributed by atoms with Gasteiger partial charge in [0.1, 0.15) is 5.75 Å². The Morgan fingerprint density at radius 2 is 2.18 bits per heavy atom. The highest BCUT2D eigenvalue weighted by atomic mass is 16.5. The first-order chi connectivity index (χ1) is 8.36. The molecule has 0 aliphatic rings. The summed E-state index contributed by atoms with van der Waals surface area (Å²) >= 11 is 0. The van der Waals surface area contributed by atoms with Gasteiger partial charge in [0.15, 0.2) is 0 Å². The van der Waals surface area contributed by atoms with Gasteiger partial charge in [0.25, 0.3) is 0 Å². The minimum Gasteiger partial charge on any atom is -0.496 e. The van der Waals surface area contributed by atoms with Crippen molar-refractivity contribution in [3.63, 3.8) is 0 Å². The maximum absolute atomic E-state index is 5.15. The number of rotatable bonds is 2. The van der Waals surface area contributed by atoms with Crippen molar-refractivity contribution >= 4 is 10.9 Å². The smallest absolute Gasteiger partial charge is 0.130 e. The summed E-state index contributed by atoms with van der Waals surface area (Å²) in [7, 11) is 1.63. The zero-order chi connectivity index (χ0) is 11.7. The molecule has 0 amide bonds. The van der Waals surface area contributed by atoms with Gasteiger partial charge in [-0.1, -0.05) is 6.07 Å². The van der Waals surface area contributed by atoms with Gasteiger partial charge < -0.3 is 9.72 Å². The van der Waals surface area contributed by atoms with Crippen molar-refractivity contribution in [1.29, 1.82) is 0 Å². The predicted molar refractivity (Wildman–Crippen MR) is 66.9 cm³/mol. The van der Waals surface area contributed by atoms with E-state index in [9.17, 15) is 0 Å². The number of nitrogens with one attached hydrogen (secondary N) is 1. The molecule has 3 heteroatoms. The van der Waals surface area contributed by atoms with Crippen molar-refractivity contribution < 1.29 is 4.74 Å². The summed E-state index contributed by atoms with van der Waals surface area (Å²) in [4.78, 5) is 7.47. The van der Waals surface area contributed by atoms with E-state index in [2.05, 4.69) is 22.1 Å². The van der Waals surface area contributed by atoms with Crippen molar-refractivity contribution in [2.24, 2.45) is 0 Å². The van der Waals surface area contributed by atoms with Crippen LogP contribution in [0.25, 0.3) is 22.2 Å². The van der Waals surface area contributed by atoms with Gasteiger partial charge in [-0.15, -0.1) is 0 Å². The van der Waals surface area contributed by atoms with Crippen LogP contribution in [0.2, 0.25) is 0 Å². The Labute approximate surface area is 99.1 Å². The van der Waals surface area contributed by atoms with Gasteiger partial charge in [0, 0.05) is 28.9 Å². The largest absolute Gasteiger partial charge is 0.496 e. The minimum atomic E-state index is 0.698. The van der Waals surface area contributed by atoms with E-state index in [0.29, 0.717) is 5.75 Å². The van der Waals surface area contributed by atoms with Crippen LogP contribution in [-0.2, 0) is 0 Å². The summed E-state index contributed by atoms with van der Waals surface area (Å²) in [6.45, 7) is 0. The van der Waals surface area contributed by atoms with Crippen molar-refractivity contribution in [2.75, 3.05) is 7.11 Å². The predicted octanol–water partition coefficient (Wildman–Crippen LogP) is 3.04. The molecule has 3 rings (SSSR count). The van der Waals surface area contributed by atoms with E-state index in [1.54, 1.807) is 19.4 Å². The average molecular weight is 223 g/mol. The molecule has 1 aromatic carbocycles. The number of aromatic amines is 1. The normalized spacial score (nSPS) is 10.6. The number of methoxy groups -OCH3 is 1. The van der Waals surface area contributed by atoms with Gasteiger partial charge in [-0.25, -0.2) is 0 Å². The first-order valence-corrected chi connectivity index (χ1v) is 5.36. The molecule has 0 aliphatic heterocycles. The Balaban J connectivity index is 2.12. The van der Waals surface area contributed by atoms with Crippen LogP contribution in [0.5, 0.6) is 5.75 Å². The second kappa shape index (κ2) is 3.94. The summed E-state index contributed by atoms with van der Waals surface area (Å²) in [6.07, 6.45) is 3.66. The summed E-state index contributed by atoms with van der Waals surface area (Å²) in [6, 6.07) is 13.1. The number of aromatic nitrogens is 2. The van der Waals surface area contributed by atoms with E-state index in [-0.39, 0.29) is 0 Å². The number of pyridine rings is 1. The Bertz CT molecular complexity index is 658. The number of ether oxygens (including phenoxy) is 1. The molecule has 0 atom stereocenters. The Hall–Kier alpha value is -2.29. The van der Waals surface area contributed by atoms with Crippen LogP contribution in [0.4, 0.5) is 0 Å². The van der Waals surface area contributed by atoms with Gasteiger partial charge in [-0.2, -0.15) is 0 Å². The molecule has 0 aliphatic carbocycles. The second-order valence-corrected chi connectivity index (χ2v) is 3.77. The molecular formula is C14H11N2O. The molecule has 83 valence electrons. The van der Waals surface area contributed by atoms with Crippen molar-refractivity contribution in [1.82, 2.24) is 9.97 Å². The SMILES string of the molecule is COc1[c]c(-c2ccc3[nH]ccc3c2)ncc1. The third kappa shape index (κ3) is 1.76. The molecule has 3 nitrogen and oxygen atoms in total. The number of hydrogen-bond acceptors (Lipinski definition) is 2. The average Bonchev–Trinajstić information content (AvgIpc) is 2.86. The molecule has 3 aromatic rings. The van der Waals surface area contributed by atoms with E-state index < -0.39 is 0 Å². The van der Waals surface area contributed by atoms with E-state index in [0.717, 1.165) is 16.8 Å². The third-order valence-electron chi connectivity index (χ3n) is 2.72. The summed E-state index contributed by atoms with van der Waals surface area (Å²) in [5.41, 5.74) is 2.96. The number of hydrogen-bond donors (Lipinski definition) is 1. The van der Waals surface area contributed by atoms with E-state index in [4.69, 9.17) is 4.74 Å². The van der Waals surface area contributed by atoms with Gasteiger partial charge in [-0.05, 0) is 24.3 Å². The Kier molecular flexibility index (Phi) is 2.29. The van der Waals surface area contributed by atoms with Gasteiger partial charge >= 0.3 is 0 Å². The number of nitrogens with zero attached hydrogens (tertiary/aromatic N) is 1. The van der Waals surface area contributed by atoms with Gasteiger partial charge in [-0.3, -0.25) is 4.98 Å². The molecule has 17 heavy (non-hydrogen) atoms. The first kappa shape index (κ1) is 9.90.